The van der Waals surface area contributed by atoms with Crippen molar-refractivity contribution in [2.45, 2.75) is 13.8 Å². The van der Waals surface area contributed by atoms with Crippen molar-refractivity contribution in [2.75, 3.05) is 0 Å². The van der Waals surface area contributed by atoms with Crippen LogP contribution < -0.4 is 0 Å². The monoisotopic (exact) mass is 238 g/mol. The molecule has 0 unspecified atom stereocenters. The lowest BCUT2D eigenvalue weighted by Gasteiger charge is -1.85. The van der Waals surface area contributed by atoms with Crippen LogP contribution in [-0.4, -0.2) is 0 Å². The quantitative estimate of drug-likeness (QED) is 0.609. The van der Waals surface area contributed by atoms with Crippen LogP contribution in [0.3, 0.4) is 0 Å². The zero-order chi connectivity index (χ0) is 6.15. The van der Waals surface area contributed by atoms with Gasteiger partial charge in [0.1, 0.15) is 0 Å². The van der Waals surface area contributed by atoms with E-state index in [0.29, 0.717) is 0 Å². The maximum Gasteiger partial charge on any atom is 0.0269 e. The lowest BCUT2D eigenvalue weighted by molar-refractivity contribution is 1.42. The largest absolute Gasteiger partial charge is 0.148 e. The first-order valence-electron chi connectivity index (χ1n) is 2.42. The van der Waals surface area contributed by atoms with E-state index in [0.717, 1.165) is 0 Å². The summed E-state index contributed by atoms with van der Waals surface area (Å²) < 4.78 is 1.39. The summed E-state index contributed by atoms with van der Waals surface area (Å²) in [4.78, 5) is 1.44. The molecule has 0 saturated heterocycles. The molecule has 8 heavy (non-hydrogen) atoms. The first-order valence-corrected chi connectivity index (χ1v) is 4.38. The molecule has 44 valence electrons. The number of rotatable bonds is 0. The minimum atomic E-state index is 1.39. The van der Waals surface area contributed by atoms with Gasteiger partial charge in [0.05, 0.1) is 0 Å². The van der Waals surface area contributed by atoms with Gasteiger partial charge in [-0.25, -0.2) is 0 Å². The van der Waals surface area contributed by atoms with Crippen LogP contribution in [0.1, 0.15) is 10.4 Å². The van der Waals surface area contributed by atoms with Gasteiger partial charge >= 0.3 is 0 Å². The SMILES string of the molecule is Cc1scc(I)c1C. The zero-order valence-electron chi connectivity index (χ0n) is 4.86. The van der Waals surface area contributed by atoms with E-state index in [1.54, 1.807) is 0 Å². The molecule has 0 amide bonds. The predicted molar refractivity (Wildman–Crippen MR) is 46.5 cm³/mol. The summed E-state index contributed by atoms with van der Waals surface area (Å²) in [5.41, 5.74) is 1.44. The molecule has 0 aliphatic heterocycles. The van der Waals surface area contributed by atoms with E-state index >= 15 is 0 Å². The van der Waals surface area contributed by atoms with Gasteiger partial charge in [0, 0.05) is 13.8 Å². The van der Waals surface area contributed by atoms with Crippen molar-refractivity contribution in [3.05, 3.63) is 19.4 Å². The van der Waals surface area contributed by atoms with E-state index in [4.69, 9.17) is 0 Å². The summed E-state index contributed by atoms with van der Waals surface area (Å²) >= 11 is 4.18. The first-order chi connectivity index (χ1) is 3.72. The fraction of sp³-hybridized carbons (Fsp3) is 0.333. The van der Waals surface area contributed by atoms with Crippen molar-refractivity contribution in [2.24, 2.45) is 0 Å². The second kappa shape index (κ2) is 2.35. The zero-order valence-corrected chi connectivity index (χ0v) is 7.84. The Bertz CT molecular complexity index is 171. The van der Waals surface area contributed by atoms with Crippen molar-refractivity contribution in [3.63, 3.8) is 0 Å². The van der Waals surface area contributed by atoms with Crippen LogP contribution in [0.25, 0.3) is 0 Å². The molecule has 0 atom stereocenters. The van der Waals surface area contributed by atoms with Crippen molar-refractivity contribution in [3.8, 4) is 0 Å². The Kier molecular flexibility index (Phi) is 1.92. The molecule has 0 radical (unpaired) electrons. The lowest BCUT2D eigenvalue weighted by Crippen LogP contribution is -1.69. The second-order valence-corrected chi connectivity index (χ2v) is 4.01. The second-order valence-electron chi connectivity index (χ2n) is 1.76. The molecule has 0 aliphatic rings. The molecular weight excluding hydrogens is 231 g/mol. The van der Waals surface area contributed by atoms with Gasteiger partial charge in [-0.3, -0.25) is 0 Å². The van der Waals surface area contributed by atoms with Gasteiger partial charge in [0.2, 0.25) is 0 Å². The van der Waals surface area contributed by atoms with Crippen molar-refractivity contribution < 1.29 is 0 Å². The van der Waals surface area contributed by atoms with Gasteiger partial charge in [-0.2, -0.15) is 0 Å². The fourth-order valence-electron chi connectivity index (χ4n) is 0.485. The maximum absolute atomic E-state index is 2.36. The molecule has 0 saturated carbocycles. The molecule has 1 aromatic heterocycles. The Hall–Kier alpha value is 0.430. The Balaban J connectivity index is 3.19. The number of hydrogen-bond donors (Lipinski definition) is 0. The first kappa shape index (κ1) is 6.55. The van der Waals surface area contributed by atoms with E-state index in [1.807, 2.05) is 11.3 Å². The van der Waals surface area contributed by atoms with Gasteiger partial charge < -0.3 is 0 Å². The van der Waals surface area contributed by atoms with Crippen LogP contribution in [0.15, 0.2) is 5.38 Å². The molecule has 0 fully saturated rings. The molecule has 0 aliphatic carbocycles. The number of halogens is 1. The summed E-state index contributed by atoms with van der Waals surface area (Å²) in [5.74, 6) is 0. The summed E-state index contributed by atoms with van der Waals surface area (Å²) in [5, 5.41) is 2.19. The van der Waals surface area contributed by atoms with E-state index in [9.17, 15) is 0 Å². The highest BCUT2D eigenvalue weighted by Gasteiger charge is 1.97. The van der Waals surface area contributed by atoms with Crippen LogP contribution in [0.4, 0.5) is 0 Å². The topological polar surface area (TPSA) is 0 Å². The van der Waals surface area contributed by atoms with E-state index < -0.39 is 0 Å². The van der Waals surface area contributed by atoms with Crippen molar-refractivity contribution in [1.29, 1.82) is 0 Å². The minimum absolute atomic E-state index is 1.39. The summed E-state index contributed by atoms with van der Waals surface area (Å²) in [6.45, 7) is 4.32. The smallest absolute Gasteiger partial charge is 0.0269 e. The van der Waals surface area contributed by atoms with Crippen LogP contribution in [0.2, 0.25) is 0 Å². The molecule has 0 nitrogen and oxygen atoms in total. The molecule has 2 heteroatoms. The molecule has 1 heterocycles. The van der Waals surface area contributed by atoms with Gasteiger partial charge in [-0.15, -0.1) is 11.3 Å². The van der Waals surface area contributed by atoms with Crippen LogP contribution in [0, 0.1) is 17.4 Å². The molecule has 1 aromatic rings. The third-order valence-corrected chi connectivity index (χ3v) is 3.78. The summed E-state index contributed by atoms with van der Waals surface area (Å²) in [7, 11) is 0. The average molecular weight is 238 g/mol. The number of aryl methyl sites for hydroxylation is 1. The minimum Gasteiger partial charge on any atom is -0.148 e. The van der Waals surface area contributed by atoms with Crippen molar-refractivity contribution >= 4 is 33.9 Å². The van der Waals surface area contributed by atoms with Crippen LogP contribution in [0.5, 0.6) is 0 Å². The Morgan fingerprint density at radius 1 is 1.50 bits per heavy atom. The Labute approximate surface area is 67.1 Å². The standard InChI is InChI=1S/C6H7IS/c1-4-5(2)8-3-6(4)7/h3H,1-2H3. The average Bonchev–Trinajstić information content (AvgIpc) is 1.98. The highest BCUT2D eigenvalue weighted by Crippen LogP contribution is 2.21. The van der Waals surface area contributed by atoms with Crippen LogP contribution >= 0.6 is 33.9 Å². The van der Waals surface area contributed by atoms with Crippen molar-refractivity contribution in [1.82, 2.24) is 0 Å². The van der Waals surface area contributed by atoms with Gasteiger partial charge in [-0.1, -0.05) is 0 Å². The highest BCUT2D eigenvalue weighted by atomic mass is 127. The molecular formula is C6H7IS. The van der Waals surface area contributed by atoms with E-state index in [2.05, 4.69) is 41.8 Å². The molecule has 1 rings (SSSR count). The lowest BCUT2D eigenvalue weighted by atomic mass is 10.3. The fourth-order valence-corrected chi connectivity index (χ4v) is 2.20. The predicted octanol–water partition coefficient (Wildman–Crippen LogP) is 2.97. The van der Waals surface area contributed by atoms with Crippen LogP contribution in [-0.2, 0) is 0 Å². The Morgan fingerprint density at radius 2 is 2.12 bits per heavy atom. The number of thiophene rings is 1. The van der Waals surface area contributed by atoms with E-state index in [1.165, 1.54) is 14.0 Å². The maximum atomic E-state index is 2.36. The summed E-state index contributed by atoms with van der Waals surface area (Å²) in [6, 6.07) is 0. The number of hydrogen-bond acceptors (Lipinski definition) is 1. The molecule has 0 aromatic carbocycles. The molecule has 0 N–H and O–H groups in total. The highest BCUT2D eigenvalue weighted by molar-refractivity contribution is 14.1. The third-order valence-electron chi connectivity index (χ3n) is 1.23. The van der Waals surface area contributed by atoms with E-state index in [-0.39, 0.29) is 0 Å². The summed E-state index contributed by atoms with van der Waals surface area (Å²) in [6.07, 6.45) is 0. The third kappa shape index (κ3) is 1.05. The molecule has 0 spiro atoms. The van der Waals surface area contributed by atoms with Gasteiger partial charge in [-0.05, 0) is 42.0 Å². The van der Waals surface area contributed by atoms with Gasteiger partial charge in [0.25, 0.3) is 0 Å². The molecule has 0 bridgehead atoms. The normalized spacial score (nSPS) is 9.88. The van der Waals surface area contributed by atoms with Gasteiger partial charge in [0.15, 0.2) is 0 Å². The Morgan fingerprint density at radius 3 is 2.25 bits per heavy atom.